The van der Waals surface area contributed by atoms with Gasteiger partial charge >= 0.3 is 11.9 Å². The summed E-state index contributed by atoms with van der Waals surface area (Å²) in [6.07, 6.45) is 4.31. The monoisotopic (exact) mass is 468 g/mol. The van der Waals surface area contributed by atoms with E-state index in [0.29, 0.717) is 23.4 Å². The second-order valence-electron chi connectivity index (χ2n) is 7.72. The molecule has 0 aliphatic rings. The summed E-state index contributed by atoms with van der Waals surface area (Å²) in [5.74, 6) is -2.04. The summed E-state index contributed by atoms with van der Waals surface area (Å²) in [4.78, 5) is 25.3. The molecule has 0 fully saturated rings. The third kappa shape index (κ3) is 5.69. The molecule has 0 saturated carbocycles. The third-order valence-electron chi connectivity index (χ3n) is 5.38. The molecule has 0 radical (unpaired) electrons. The SMILES string of the molecule is CCCCCCOCc1ccc(-c2nn(-c3ccccc3)c(C(=O)OC)c2C(=O)OC)cc1F. The van der Waals surface area contributed by atoms with Crippen LogP contribution < -0.4 is 0 Å². The average molecular weight is 469 g/mol. The Labute approximate surface area is 198 Å². The number of nitrogens with zero attached hydrogens (tertiary/aromatic N) is 2. The number of aromatic nitrogens is 2. The van der Waals surface area contributed by atoms with Gasteiger partial charge in [-0.2, -0.15) is 5.10 Å². The number of methoxy groups -OCH3 is 2. The molecule has 0 aliphatic heterocycles. The maximum absolute atomic E-state index is 14.9. The number of carbonyl (C=O) groups is 2. The highest BCUT2D eigenvalue weighted by Gasteiger charge is 2.31. The highest BCUT2D eigenvalue weighted by molar-refractivity contribution is 6.06. The third-order valence-corrected chi connectivity index (χ3v) is 5.38. The summed E-state index contributed by atoms with van der Waals surface area (Å²) >= 11 is 0. The van der Waals surface area contributed by atoms with Gasteiger partial charge in [0.1, 0.15) is 17.1 Å². The van der Waals surface area contributed by atoms with Crippen LogP contribution in [0.5, 0.6) is 0 Å². The number of esters is 2. The summed E-state index contributed by atoms with van der Waals surface area (Å²) in [6.45, 7) is 2.85. The average Bonchev–Trinajstić information content (AvgIpc) is 3.27. The number of carbonyl (C=O) groups excluding carboxylic acids is 2. The van der Waals surface area contributed by atoms with E-state index in [4.69, 9.17) is 14.2 Å². The molecule has 2 aromatic carbocycles. The second-order valence-corrected chi connectivity index (χ2v) is 7.72. The first kappa shape index (κ1) is 25.1. The van der Waals surface area contributed by atoms with Crippen molar-refractivity contribution >= 4 is 11.9 Å². The van der Waals surface area contributed by atoms with Crippen molar-refractivity contribution < 1.29 is 28.2 Å². The van der Waals surface area contributed by atoms with Crippen molar-refractivity contribution in [2.75, 3.05) is 20.8 Å². The number of benzene rings is 2. The van der Waals surface area contributed by atoms with Gasteiger partial charge in [0.25, 0.3) is 0 Å². The Morgan fingerprint density at radius 1 is 0.971 bits per heavy atom. The lowest BCUT2D eigenvalue weighted by atomic mass is 10.0. The van der Waals surface area contributed by atoms with Crippen LogP contribution in [0.2, 0.25) is 0 Å². The summed E-state index contributed by atoms with van der Waals surface area (Å²) in [7, 11) is 2.41. The molecule has 1 heterocycles. The van der Waals surface area contributed by atoms with Gasteiger partial charge in [-0.05, 0) is 24.6 Å². The van der Waals surface area contributed by atoms with Crippen molar-refractivity contribution in [2.45, 2.75) is 39.2 Å². The van der Waals surface area contributed by atoms with Crippen LogP contribution in [0.1, 0.15) is 59.0 Å². The van der Waals surface area contributed by atoms with Crippen LogP contribution in [0.25, 0.3) is 16.9 Å². The molecule has 0 bridgehead atoms. The topological polar surface area (TPSA) is 79.7 Å². The van der Waals surface area contributed by atoms with Gasteiger partial charge < -0.3 is 14.2 Å². The minimum Gasteiger partial charge on any atom is -0.465 e. The molecule has 0 atom stereocenters. The lowest BCUT2D eigenvalue weighted by molar-refractivity contribution is 0.0549. The first-order valence-corrected chi connectivity index (χ1v) is 11.2. The zero-order valence-corrected chi connectivity index (χ0v) is 19.7. The van der Waals surface area contributed by atoms with E-state index in [1.807, 2.05) is 6.07 Å². The Morgan fingerprint density at radius 3 is 2.35 bits per heavy atom. The number of hydrogen-bond acceptors (Lipinski definition) is 6. The summed E-state index contributed by atoms with van der Waals surface area (Å²) in [5.41, 5.74) is 1.17. The molecule has 0 amide bonds. The van der Waals surface area contributed by atoms with Gasteiger partial charge in [0.15, 0.2) is 5.69 Å². The van der Waals surface area contributed by atoms with Gasteiger partial charge in [-0.25, -0.2) is 18.7 Å². The zero-order chi connectivity index (χ0) is 24.5. The lowest BCUT2D eigenvalue weighted by Gasteiger charge is -2.08. The Morgan fingerprint density at radius 2 is 1.71 bits per heavy atom. The quantitative estimate of drug-likeness (QED) is 0.279. The summed E-state index contributed by atoms with van der Waals surface area (Å²) in [5, 5.41) is 4.48. The summed E-state index contributed by atoms with van der Waals surface area (Å²) < 4.78 is 31.6. The van der Waals surface area contributed by atoms with Gasteiger partial charge in [0, 0.05) is 17.7 Å². The van der Waals surface area contributed by atoms with Crippen LogP contribution in [0.3, 0.4) is 0 Å². The van der Waals surface area contributed by atoms with E-state index in [0.717, 1.165) is 25.7 Å². The van der Waals surface area contributed by atoms with Crippen molar-refractivity contribution in [3.63, 3.8) is 0 Å². The number of unbranched alkanes of at least 4 members (excludes halogenated alkanes) is 3. The van der Waals surface area contributed by atoms with E-state index >= 15 is 0 Å². The van der Waals surface area contributed by atoms with E-state index in [1.165, 1.54) is 25.0 Å². The smallest absolute Gasteiger partial charge is 0.357 e. The zero-order valence-electron chi connectivity index (χ0n) is 19.7. The normalized spacial score (nSPS) is 10.8. The minimum atomic E-state index is -0.780. The molecule has 0 saturated heterocycles. The predicted octanol–water partition coefficient (Wildman–Crippen LogP) is 5.35. The maximum atomic E-state index is 14.9. The van der Waals surface area contributed by atoms with Gasteiger partial charge in [0.2, 0.25) is 0 Å². The minimum absolute atomic E-state index is 0.0995. The lowest BCUT2D eigenvalue weighted by Crippen LogP contribution is -2.15. The highest BCUT2D eigenvalue weighted by Crippen LogP contribution is 2.30. The van der Waals surface area contributed by atoms with Crippen LogP contribution in [-0.2, 0) is 20.8 Å². The number of halogens is 1. The molecule has 8 heteroatoms. The fourth-order valence-corrected chi connectivity index (χ4v) is 3.58. The molecule has 180 valence electrons. The van der Waals surface area contributed by atoms with Gasteiger partial charge in [-0.1, -0.05) is 56.5 Å². The molecule has 1 aromatic heterocycles. The molecule has 0 N–H and O–H groups in total. The number of ether oxygens (including phenoxy) is 3. The molecule has 34 heavy (non-hydrogen) atoms. The van der Waals surface area contributed by atoms with Crippen LogP contribution in [0, 0.1) is 5.82 Å². The van der Waals surface area contributed by atoms with Crippen LogP contribution in [0.15, 0.2) is 48.5 Å². The number of rotatable bonds is 11. The standard InChI is InChI=1S/C26H29FN2O5/c1-4-5-6-10-15-34-17-19-14-13-18(16-21(19)27)23-22(25(30)32-2)24(26(31)33-3)29(28-23)20-11-8-7-9-12-20/h7-9,11-14,16H,4-6,10,15,17H2,1-3H3. The molecular formula is C26H29FN2O5. The van der Waals surface area contributed by atoms with Crippen molar-refractivity contribution in [2.24, 2.45) is 0 Å². The van der Waals surface area contributed by atoms with E-state index in [9.17, 15) is 14.0 Å². The van der Waals surface area contributed by atoms with Gasteiger partial charge in [-0.15, -0.1) is 0 Å². The fourth-order valence-electron chi connectivity index (χ4n) is 3.58. The van der Waals surface area contributed by atoms with Crippen molar-refractivity contribution in [3.05, 3.63) is 71.2 Å². The Hall–Kier alpha value is -3.52. The van der Waals surface area contributed by atoms with E-state index in [2.05, 4.69) is 12.0 Å². The predicted molar refractivity (Wildman–Crippen MR) is 125 cm³/mol. The molecule has 0 spiro atoms. The first-order valence-electron chi connectivity index (χ1n) is 11.2. The molecule has 3 rings (SSSR count). The van der Waals surface area contributed by atoms with Crippen molar-refractivity contribution in [1.82, 2.24) is 9.78 Å². The first-order chi connectivity index (χ1) is 16.5. The number of hydrogen-bond donors (Lipinski definition) is 0. The van der Waals surface area contributed by atoms with E-state index < -0.39 is 17.8 Å². The molecule has 0 unspecified atom stereocenters. The Balaban J connectivity index is 1.99. The van der Waals surface area contributed by atoms with Crippen LogP contribution >= 0.6 is 0 Å². The van der Waals surface area contributed by atoms with Crippen LogP contribution in [-0.4, -0.2) is 42.5 Å². The van der Waals surface area contributed by atoms with Crippen LogP contribution in [0.4, 0.5) is 4.39 Å². The molecule has 3 aromatic rings. The Bertz CT molecular complexity index is 1130. The van der Waals surface area contributed by atoms with E-state index in [-0.39, 0.29) is 23.6 Å². The molecule has 7 nitrogen and oxygen atoms in total. The Kier molecular flexibility index (Phi) is 8.93. The van der Waals surface area contributed by atoms with Gasteiger partial charge in [-0.3, -0.25) is 0 Å². The summed E-state index contributed by atoms with van der Waals surface area (Å²) in [6, 6.07) is 13.3. The number of para-hydroxylation sites is 1. The van der Waals surface area contributed by atoms with Gasteiger partial charge in [0.05, 0.1) is 26.5 Å². The fraction of sp³-hybridized carbons (Fsp3) is 0.346. The highest BCUT2D eigenvalue weighted by atomic mass is 19.1. The van der Waals surface area contributed by atoms with E-state index in [1.54, 1.807) is 36.4 Å². The molecule has 0 aliphatic carbocycles. The largest absolute Gasteiger partial charge is 0.465 e. The molecular weight excluding hydrogens is 439 g/mol. The van der Waals surface area contributed by atoms with Crippen molar-refractivity contribution in [3.8, 4) is 16.9 Å². The maximum Gasteiger partial charge on any atom is 0.357 e. The second kappa shape index (κ2) is 12.1. The van der Waals surface area contributed by atoms with Crippen molar-refractivity contribution in [1.29, 1.82) is 0 Å².